The Morgan fingerprint density at radius 1 is 1.11 bits per heavy atom. The Morgan fingerprint density at radius 2 is 1.85 bits per heavy atom. The lowest BCUT2D eigenvalue weighted by Gasteiger charge is -2.08. The van der Waals surface area contributed by atoms with Gasteiger partial charge in [-0.15, -0.1) is 0 Å². The zero-order valence-corrected chi connectivity index (χ0v) is 14.4. The zero-order valence-electron chi connectivity index (χ0n) is 14.4. The van der Waals surface area contributed by atoms with Crippen molar-refractivity contribution in [1.29, 1.82) is 0 Å². The predicted molar refractivity (Wildman–Crippen MR) is 100 cm³/mol. The summed E-state index contributed by atoms with van der Waals surface area (Å²) in [5, 5.41) is 15.5. The first-order valence-electron chi connectivity index (χ1n) is 8.27. The molecule has 0 aliphatic carbocycles. The second-order valence-electron chi connectivity index (χ2n) is 6.18. The highest BCUT2D eigenvalue weighted by molar-refractivity contribution is 5.75. The van der Waals surface area contributed by atoms with Crippen molar-refractivity contribution in [3.8, 4) is 5.69 Å². The Bertz CT molecular complexity index is 1210. The van der Waals surface area contributed by atoms with Crippen molar-refractivity contribution in [2.24, 2.45) is 0 Å². The number of para-hydroxylation sites is 1. The third kappa shape index (κ3) is 2.97. The van der Waals surface area contributed by atoms with Crippen LogP contribution >= 0.6 is 0 Å². The number of nitro benzene ring substituents is 1. The average Bonchev–Trinajstić information content (AvgIpc) is 3.09. The molecule has 4 aromatic rings. The van der Waals surface area contributed by atoms with Crippen molar-refractivity contribution >= 4 is 16.7 Å². The van der Waals surface area contributed by atoms with E-state index in [9.17, 15) is 14.9 Å². The maximum absolute atomic E-state index is 12.8. The van der Waals surface area contributed by atoms with Crippen LogP contribution in [0.25, 0.3) is 16.7 Å². The molecule has 0 spiro atoms. The van der Waals surface area contributed by atoms with Gasteiger partial charge < -0.3 is 0 Å². The number of non-ortho nitro benzene ring substituents is 1. The number of fused-ring (bicyclic) bond motifs is 1. The number of hydrogen-bond acceptors (Lipinski definition) is 5. The lowest BCUT2D eigenvalue weighted by Crippen LogP contribution is -2.21. The van der Waals surface area contributed by atoms with Crippen LogP contribution in [0.15, 0.2) is 65.8 Å². The molecule has 0 N–H and O–H groups in total. The number of rotatable bonds is 4. The van der Waals surface area contributed by atoms with Gasteiger partial charge in [0.1, 0.15) is 11.7 Å². The van der Waals surface area contributed by atoms with Gasteiger partial charge in [-0.3, -0.25) is 19.5 Å². The van der Waals surface area contributed by atoms with E-state index in [0.717, 1.165) is 16.8 Å². The van der Waals surface area contributed by atoms with Gasteiger partial charge in [0.05, 0.1) is 23.4 Å². The van der Waals surface area contributed by atoms with Crippen LogP contribution in [0.4, 0.5) is 5.69 Å². The van der Waals surface area contributed by atoms with E-state index in [-0.39, 0.29) is 17.8 Å². The summed E-state index contributed by atoms with van der Waals surface area (Å²) in [5.41, 5.74) is 2.97. The van der Waals surface area contributed by atoms with E-state index < -0.39 is 4.92 Å². The molecule has 2 aromatic heterocycles. The molecule has 27 heavy (non-hydrogen) atoms. The van der Waals surface area contributed by atoms with Crippen LogP contribution in [-0.2, 0) is 6.54 Å². The summed E-state index contributed by atoms with van der Waals surface area (Å²) in [4.78, 5) is 27.5. The van der Waals surface area contributed by atoms with Gasteiger partial charge in [0, 0.05) is 12.1 Å². The monoisotopic (exact) mass is 361 g/mol. The quantitative estimate of drug-likeness (QED) is 0.411. The minimum absolute atomic E-state index is 0.0131. The van der Waals surface area contributed by atoms with Crippen molar-refractivity contribution in [3.63, 3.8) is 0 Å². The first kappa shape index (κ1) is 16.6. The van der Waals surface area contributed by atoms with Gasteiger partial charge in [-0.2, -0.15) is 5.10 Å². The Kier molecular flexibility index (Phi) is 4.00. The molecule has 4 rings (SSSR count). The Hall–Kier alpha value is -3.81. The third-order valence-corrected chi connectivity index (χ3v) is 4.40. The topological polar surface area (TPSA) is 95.8 Å². The zero-order chi connectivity index (χ0) is 19.0. The molecule has 0 bridgehead atoms. The summed E-state index contributed by atoms with van der Waals surface area (Å²) in [6.07, 6.45) is 2.99. The molecule has 0 amide bonds. The van der Waals surface area contributed by atoms with Crippen LogP contribution in [0.5, 0.6) is 0 Å². The lowest BCUT2D eigenvalue weighted by atomic mass is 10.2. The maximum atomic E-state index is 12.8. The molecule has 8 nitrogen and oxygen atoms in total. The van der Waals surface area contributed by atoms with E-state index >= 15 is 0 Å². The maximum Gasteiger partial charge on any atom is 0.269 e. The Labute approximate surface area is 153 Å². The van der Waals surface area contributed by atoms with Gasteiger partial charge in [0.25, 0.3) is 11.2 Å². The fourth-order valence-corrected chi connectivity index (χ4v) is 2.96. The standard InChI is InChI=1S/C19H15N5O3/c1-13-4-2-3-5-17(13)23-18-16(10-21-23)19(25)22(12-20-18)11-14-6-8-15(9-7-14)24(26)27/h2-10,12H,11H2,1H3. The van der Waals surface area contributed by atoms with E-state index in [2.05, 4.69) is 10.1 Å². The summed E-state index contributed by atoms with van der Waals surface area (Å²) in [6.45, 7) is 2.24. The highest BCUT2D eigenvalue weighted by atomic mass is 16.6. The first-order chi connectivity index (χ1) is 13.0. The summed E-state index contributed by atoms with van der Waals surface area (Å²) < 4.78 is 3.12. The van der Waals surface area contributed by atoms with Crippen LogP contribution in [0.1, 0.15) is 11.1 Å². The second-order valence-corrected chi connectivity index (χ2v) is 6.18. The van der Waals surface area contributed by atoms with Crippen LogP contribution in [0.3, 0.4) is 0 Å². The largest absolute Gasteiger partial charge is 0.294 e. The molecule has 0 aliphatic heterocycles. The lowest BCUT2D eigenvalue weighted by molar-refractivity contribution is -0.384. The molecule has 0 atom stereocenters. The number of hydrogen-bond donors (Lipinski definition) is 0. The molecule has 0 saturated heterocycles. The van der Waals surface area contributed by atoms with Gasteiger partial charge in [0.2, 0.25) is 0 Å². The molecular weight excluding hydrogens is 346 g/mol. The summed E-state index contributed by atoms with van der Waals surface area (Å²) in [7, 11) is 0. The van der Waals surface area contributed by atoms with E-state index in [4.69, 9.17) is 0 Å². The molecule has 2 aromatic carbocycles. The van der Waals surface area contributed by atoms with Crippen LogP contribution in [-0.4, -0.2) is 24.3 Å². The summed E-state index contributed by atoms with van der Waals surface area (Å²) >= 11 is 0. The molecule has 0 radical (unpaired) electrons. The fourth-order valence-electron chi connectivity index (χ4n) is 2.96. The molecule has 134 valence electrons. The highest BCUT2D eigenvalue weighted by Gasteiger charge is 2.13. The van der Waals surface area contributed by atoms with Gasteiger partial charge in [-0.05, 0) is 24.1 Å². The van der Waals surface area contributed by atoms with Crippen LogP contribution in [0, 0.1) is 17.0 Å². The van der Waals surface area contributed by atoms with E-state index in [1.54, 1.807) is 16.8 Å². The highest BCUT2D eigenvalue weighted by Crippen LogP contribution is 2.17. The third-order valence-electron chi connectivity index (χ3n) is 4.40. The van der Waals surface area contributed by atoms with Gasteiger partial charge >= 0.3 is 0 Å². The fraction of sp³-hybridized carbons (Fsp3) is 0.105. The second kappa shape index (κ2) is 6.49. The molecule has 8 heteroatoms. The number of aryl methyl sites for hydroxylation is 1. The van der Waals surface area contributed by atoms with Crippen LogP contribution < -0.4 is 5.56 Å². The Balaban J connectivity index is 1.72. The number of benzene rings is 2. The Morgan fingerprint density at radius 3 is 2.56 bits per heavy atom. The normalized spacial score (nSPS) is 11.0. The predicted octanol–water partition coefficient (Wildman–Crippen LogP) is 2.85. The smallest absolute Gasteiger partial charge is 0.269 e. The number of nitrogens with zero attached hydrogens (tertiary/aromatic N) is 5. The molecular formula is C19H15N5O3. The number of nitro groups is 1. The van der Waals surface area contributed by atoms with E-state index in [0.29, 0.717) is 11.0 Å². The molecule has 0 aliphatic rings. The molecule has 0 unspecified atom stereocenters. The van der Waals surface area contributed by atoms with E-state index in [1.165, 1.54) is 29.2 Å². The summed E-state index contributed by atoms with van der Waals surface area (Å²) in [6, 6.07) is 13.8. The molecule has 0 saturated carbocycles. The van der Waals surface area contributed by atoms with Crippen molar-refractivity contribution in [2.45, 2.75) is 13.5 Å². The van der Waals surface area contributed by atoms with Crippen molar-refractivity contribution in [2.75, 3.05) is 0 Å². The molecule has 0 fully saturated rings. The van der Waals surface area contributed by atoms with Gasteiger partial charge in [0.15, 0.2) is 5.65 Å². The SMILES string of the molecule is Cc1ccccc1-n1ncc2c(=O)n(Cc3ccc([N+](=O)[O-])cc3)cnc21. The van der Waals surface area contributed by atoms with Gasteiger partial charge in [-0.1, -0.05) is 30.3 Å². The van der Waals surface area contributed by atoms with Crippen LogP contribution in [0.2, 0.25) is 0 Å². The van der Waals surface area contributed by atoms with Gasteiger partial charge in [-0.25, -0.2) is 9.67 Å². The van der Waals surface area contributed by atoms with Crippen molar-refractivity contribution < 1.29 is 4.92 Å². The minimum Gasteiger partial charge on any atom is -0.294 e. The van der Waals surface area contributed by atoms with Crippen molar-refractivity contribution in [1.82, 2.24) is 19.3 Å². The van der Waals surface area contributed by atoms with E-state index in [1.807, 2.05) is 31.2 Å². The van der Waals surface area contributed by atoms with Crippen molar-refractivity contribution in [3.05, 3.63) is 92.7 Å². The summed E-state index contributed by atoms with van der Waals surface area (Å²) in [5.74, 6) is 0. The first-order valence-corrected chi connectivity index (χ1v) is 8.27. The molecule has 2 heterocycles. The average molecular weight is 361 g/mol. The number of aromatic nitrogens is 4. The minimum atomic E-state index is -0.455.